The smallest absolute Gasteiger partial charge is 0.232 e. The van der Waals surface area contributed by atoms with E-state index in [1.165, 1.54) is 0 Å². The van der Waals surface area contributed by atoms with Crippen molar-refractivity contribution in [1.29, 1.82) is 0 Å². The molecule has 0 spiro atoms. The molecule has 31 heavy (non-hydrogen) atoms. The van der Waals surface area contributed by atoms with E-state index in [0.717, 1.165) is 24.2 Å². The maximum Gasteiger partial charge on any atom is 0.232 e. The molecule has 0 saturated heterocycles. The second-order valence-corrected chi connectivity index (χ2v) is 10.2. The number of ketones is 1. The van der Waals surface area contributed by atoms with Gasteiger partial charge in [0.2, 0.25) is 5.91 Å². The molecule has 1 fully saturated rings. The van der Waals surface area contributed by atoms with Crippen LogP contribution in [0.5, 0.6) is 0 Å². The lowest BCUT2D eigenvalue weighted by Gasteiger charge is -2.37. The molecule has 5 rings (SSSR count). The van der Waals surface area contributed by atoms with E-state index in [2.05, 4.69) is 24.1 Å². The first-order valence-electron chi connectivity index (χ1n) is 10.5. The fraction of sp³-hybridized carbons (Fsp3) is 0.375. The summed E-state index contributed by atoms with van der Waals surface area (Å²) in [7, 11) is 0. The molecule has 2 aromatic rings. The van der Waals surface area contributed by atoms with Crippen LogP contribution in [-0.2, 0) is 9.59 Å². The number of allylic oxidation sites excluding steroid dienone is 1. The second kappa shape index (κ2) is 7.35. The summed E-state index contributed by atoms with van der Waals surface area (Å²) in [5.41, 5.74) is 2.64. The summed E-state index contributed by atoms with van der Waals surface area (Å²) in [5.74, 6) is 0.469. The summed E-state index contributed by atoms with van der Waals surface area (Å²) < 4.78 is 0. The number of carbonyl (C=O) groups is 2. The monoisotopic (exact) mass is 455 g/mol. The number of nitrogens with zero attached hydrogens (tertiary/aromatic N) is 2. The zero-order valence-electron chi connectivity index (χ0n) is 17.4. The average Bonchev–Trinajstić information content (AvgIpc) is 3.52. The Kier molecular flexibility index (Phi) is 4.87. The molecule has 160 valence electrons. The summed E-state index contributed by atoms with van der Waals surface area (Å²) in [5, 5.41) is 4.39. The topological polar surface area (TPSA) is 62.3 Å². The van der Waals surface area contributed by atoms with E-state index in [4.69, 9.17) is 23.2 Å². The molecular formula is C24H23Cl2N3O2. The quantitative estimate of drug-likeness (QED) is 0.608. The molecule has 1 atom stereocenters. The van der Waals surface area contributed by atoms with Gasteiger partial charge in [0.1, 0.15) is 0 Å². The van der Waals surface area contributed by atoms with Crippen molar-refractivity contribution in [2.45, 2.75) is 45.6 Å². The molecule has 1 aliphatic heterocycles. The predicted octanol–water partition coefficient (Wildman–Crippen LogP) is 5.94. The van der Waals surface area contributed by atoms with Crippen molar-refractivity contribution >= 4 is 46.4 Å². The summed E-state index contributed by atoms with van der Waals surface area (Å²) in [6, 6.07) is 8.30. The zero-order valence-corrected chi connectivity index (χ0v) is 18.9. The first kappa shape index (κ1) is 20.5. The van der Waals surface area contributed by atoms with Gasteiger partial charge in [-0.05, 0) is 54.5 Å². The second-order valence-electron chi connectivity index (χ2n) is 9.38. The number of rotatable bonds is 2. The first-order chi connectivity index (χ1) is 14.7. The molecule has 2 heterocycles. The van der Waals surface area contributed by atoms with Gasteiger partial charge in [0.25, 0.3) is 0 Å². The molecule has 1 aromatic carbocycles. The Hall–Kier alpha value is -2.37. The van der Waals surface area contributed by atoms with Crippen LogP contribution in [0.4, 0.5) is 11.5 Å². The normalized spacial score (nSPS) is 22.4. The third-order valence-electron chi connectivity index (χ3n) is 6.17. The third-order valence-corrected chi connectivity index (χ3v) is 6.74. The van der Waals surface area contributed by atoms with E-state index in [-0.39, 0.29) is 23.0 Å². The van der Waals surface area contributed by atoms with Crippen LogP contribution in [0.2, 0.25) is 10.0 Å². The minimum Gasteiger partial charge on any atom is -0.355 e. The van der Waals surface area contributed by atoms with Gasteiger partial charge >= 0.3 is 0 Å². The Balaban J connectivity index is 1.80. The Morgan fingerprint density at radius 3 is 2.68 bits per heavy atom. The highest BCUT2D eigenvalue weighted by Gasteiger charge is 2.47. The molecule has 1 aromatic heterocycles. The lowest BCUT2D eigenvalue weighted by Crippen LogP contribution is -2.40. The van der Waals surface area contributed by atoms with Crippen LogP contribution < -0.4 is 10.2 Å². The summed E-state index contributed by atoms with van der Waals surface area (Å²) in [6.45, 7) is 4.17. The number of hydrogen-bond acceptors (Lipinski definition) is 4. The fourth-order valence-electron chi connectivity index (χ4n) is 4.64. The van der Waals surface area contributed by atoms with Gasteiger partial charge in [-0.2, -0.15) is 0 Å². The Labute approximate surface area is 191 Å². The van der Waals surface area contributed by atoms with Crippen LogP contribution in [0.25, 0.3) is 0 Å². The van der Waals surface area contributed by atoms with E-state index >= 15 is 0 Å². The number of halogens is 2. The van der Waals surface area contributed by atoms with Gasteiger partial charge in [0.05, 0.1) is 11.7 Å². The number of aromatic nitrogens is 1. The van der Waals surface area contributed by atoms with Gasteiger partial charge in [-0.1, -0.05) is 43.1 Å². The minimum absolute atomic E-state index is 0.0239. The zero-order chi connectivity index (χ0) is 21.9. The number of carbonyl (C=O) groups excluding carboxylic acids is 2. The molecule has 7 heteroatoms. The van der Waals surface area contributed by atoms with Crippen LogP contribution in [0.1, 0.15) is 51.1 Å². The number of nitrogens with one attached hydrogen (secondary N) is 1. The number of pyridine rings is 1. The fourth-order valence-corrected chi connectivity index (χ4v) is 5.15. The molecule has 0 radical (unpaired) electrons. The predicted molar refractivity (Wildman–Crippen MR) is 122 cm³/mol. The van der Waals surface area contributed by atoms with Gasteiger partial charge in [-0.3, -0.25) is 14.5 Å². The lowest BCUT2D eigenvalue weighted by molar-refractivity contribution is -0.120. The van der Waals surface area contributed by atoms with E-state index < -0.39 is 6.04 Å². The Bertz CT molecular complexity index is 1140. The summed E-state index contributed by atoms with van der Waals surface area (Å²) >= 11 is 12.8. The van der Waals surface area contributed by atoms with Gasteiger partial charge in [0.15, 0.2) is 11.6 Å². The van der Waals surface area contributed by atoms with Gasteiger partial charge in [-0.25, -0.2) is 4.98 Å². The number of amides is 1. The molecule has 1 saturated carbocycles. The molecule has 1 unspecified atom stereocenters. The number of fused-ring (bicyclic) bond motifs is 1. The number of anilines is 2. The molecule has 3 aliphatic rings. The Morgan fingerprint density at radius 2 is 1.97 bits per heavy atom. The highest BCUT2D eigenvalue weighted by molar-refractivity contribution is 6.35. The van der Waals surface area contributed by atoms with Gasteiger partial charge < -0.3 is 5.32 Å². The van der Waals surface area contributed by atoms with Crippen molar-refractivity contribution in [2.75, 3.05) is 10.2 Å². The van der Waals surface area contributed by atoms with Crippen LogP contribution in [0.3, 0.4) is 0 Å². The molecule has 1 N–H and O–H groups in total. The Morgan fingerprint density at radius 1 is 1.19 bits per heavy atom. The lowest BCUT2D eigenvalue weighted by atomic mass is 9.73. The van der Waals surface area contributed by atoms with Crippen LogP contribution in [0, 0.1) is 11.3 Å². The summed E-state index contributed by atoms with van der Waals surface area (Å²) in [4.78, 5) is 33.4. The molecule has 1 amide bonds. The number of hydrogen-bond donors (Lipinski definition) is 1. The standard InChI is InChI=1S/C24H23Cl2N3O2/c1-24(2)11-18-20(19(30)12-24)21(15-8-7-14(25)10-16(15)26)29(23(31)13-5-6-13)22-17(28-18)4-3-9-27-22/h3-4,7-10,13,21,28H,5-6,11-12H2,1-2H3. The van der Waals surface area contributed by atoms with E-state index in [9.17, 15) is 9.59 Å². The minimum atomic E-state index is -0.653. The summed E-state index contributed by atoms with van der Waals surface area (Å²) in [6.07, 6.45) is 4.46. The number of benzene rings is 1. The molecule has 2 aliphatic carbocycles. The average molecular weight is 456 g/mol. The number of Topliss-reactive ketones (excluding diaryl/α,β-unsaturated/α-hetero) is 1. The van der Waals surface area contributed by atoms with Crippen LogP contribution in [-0.4, -0.2) is 16.7 Å². The van der Waals surface area contributed by atoms with Crippen molar-refractivity contribution < 1.29 is 9.59 Å². The van der Waals surface area contributed by atoms with Crippen molar-refractivity contribution in [3.63, 3.8) is 0 Å². The van der Waals surface area contributed by atoms with Crippen LogP contribution >= 0.6 is 23.2 Å². The highest BCUT2D eigenvalue weighted by atomic mass is 35.5. The van der Waals surface area contributed by atoms with Crippen molar-refractivity contribution in [1.82, 2.24) is 4.98 Å². The SMILES string of the molecule is CC1(C)CC(=O)C2=C(C1)Nc1cccnc1N(C(=O)C1CC1)C2c1ccc(Cl)cc1Cl. The molecular weight excluding hydrogens is 433 g/mol. The van der Waals surface area contributed by atoms with Crippen molar-refractivity contribution in [3.05, 3.63) is 63.4 Å². The first-order valence-corrected chi connectivity index (χ1v) is 11.3. The highest BCUT2D eigenvalue weighted by Crippen LogP contribution is 2.50. The van der Waals surface area contributed by atoms with Gasteiger partial charge in [0, 0.05) is 39.9 Å². The van der Waals surface area contributed by atoms with E-state index in [1.54, 1.807) is 23.2 Å². The van der Waals surface area contributed by atoms with E-state index in [1.807, 2.05) is 18.2 Å². The maximum absolute atomic E-state index is 13.6. The third kappa shape index (κ3) is 3.64. The molecule has 5 nitrogen and oxygen atoms in total. The van der Waals surface area contributed by atoms with Crippen LogP contribution in [0.15, 0.2) is 47.8 Å². The van der Waals surface area contributed by atoms with Gasteiger partial charge in [-0.15, -0.1) is 0 Å². The van der Waals surface area contributed by atoms with E-state index in [0.29, 0.717) is 39.8 Å². The van der Waals surface area contributed by atoms with Crippen molar-refractivity contribution in [3.8, 4) is 0 Å². The largest absolute Gasteiger partial charge is 0.355 e. The maximum atomic E-state index is 13.6. The van der Waals surface area contributed by atoms with Crippen molar-refractivity contribution in [2.24, 2.45) is 11.3 Å². The molecule has 0 bridgehead atoms.